The van der Waals surface area contributed by atoms with Crippen LogP contribution in [0.15, 0.2) is 42.5 Å². The minimum atomic E-state index is 0.948. The predicted octanol–water partition coefficient (Wildman–Crippen LogP) is 3.82. The van der Waals surface area contributed by atoms with Crippen molar-refractivity contribution in [2.45, 2.75) is 19.9 Å². The monoisotopic (exact) mass is 238 g/mol. The molecule has 2 aromatic carbocycles. The van der Waals surface area contributed by atoms with Gasteiger partial charge < -0.3 is 10.3 Å². The lowest BCUT2D eigenvalue weighted by molar-refractivity contribution is 0.676. The molecule has 0 aliphatic rings. The van der Waals surface area contributed by atoms with E-state index in [4.69, 9.17) is 0 Å². The molecule has 2 nitrogen and oxygen atoms in total. The number of aromatic nitrogens is 1. The summed E-state index contributed by atoms with van der Waals surface area (Å²) in [7, 11) is 0. The van der Waals surface area contributed by atoms with E-state index in [1.807, 2.05) is 0 Å². The first-order chi connectivity index (χ1) is 8.88. The fourth-order valence-electron chi connectivity index (χ4n) is 2.41. The molecule has 0 aliphatic carbocycles. The molecule has 0 radical (unpaired) electrons. The van der Waals surface area contributed by atoms with Crippen molar-refractivity contribution in [2.75, 3.05) is 6.54 Å². The molecule has 18 heavy (non-hydrogen) atoms. The van der Waals surface area contributed by atoms with Crippen molar-refractivity contribution >= 4 is 21.8 Å². The second kappa shape index (κ2) is 4.83. The average molecular weight is 238 g/mol. The van der Waals surface area contributed by atoms with E-state index in [1.54, 1.807) is 0 Å². The Balaban J connectivity index is 2.02. The zero-order valence-electron chi connectivity index (χ0n) is 10.7. The van der Waals surface area contributed by atoms with Gasteiger partial charge in [-0.3, -0.25) is 0 Å². The maximum atomic E-state index is 3.45. The van der Waals surface area contributed by atoms with Crippen LogP contribution in [0.4, 0.5) is 0 Å². The Labute approximate surface area is 107 Å². The van der Waals surface area contributed by atoms with E-state index in [0.717, 1.165) is 13.1 Å². The van der Waals surface area contributed by atoms with Gasteiger partial charge in [0.1, 0.15) is 0 Å². The van der Waals surface area contributed by atoms with Gasteiger partial charge in [-0.25, -0.2) is 0 Å². The molecular weight excluding hydrogens is 220 g/mol. The third-order valence-corrected chi connectivity index (χ3v) is 3.33. The van der Waals surface area contributed by atoms with Crippen molar-refractivity contribution in [3.05, 3.63) is 48.0 Å². The van der Waals surface area contributed by atoms with E-state index in [-0.39, 0.29) is 0 Å². The highest BCUT2D eigenvalue weighted by molar-refractivity contribution is 6.07. The van der Waals surface area contributed by atoms with Crippen molar-refractivity contribution in [3.63, 3.8) is 0 Å². The third kappa shape index (κ3) is 2.00. The van der Waals surface area contributed by atoms with Crippen LogP contribution in [0, 0.1) is 0 Å². The molecule has 2 heteroatoms. The van der Waals surface area contributed by atoms with E-state index < -0.39 is 0 Å². The van der Waals surface area contributed by atoms with Crippen LogP contribution >= 0.6 is 0 Å². The quantitative estimate of drug-likeness (QED) is 0.664. The first-order valence-electron chi connectivity index (χ1n) is 6.58. The van der Waals surface area contributed by atoms with Gasteiger partial charge in [0.05, 0.1) is 0 Å². The van der Waals surface area contributed by atoms with Crippen LogP contribution in [0.25, 0.3) is 21.8 Å². The highest BCUT2D eigenvalue weighted by Crippen LogP contribution is 2.25. The fraction of sp³-hybridized carbons (Fsp3) is 0.250. The molecule has 3 aromatic rings. The van der Waals surface area contributed by atoms with Crippen LogP contribution in [0.3, 0.4) is 0 Å². The number of benzene rings is 2. The highest BCUT2D eigenvalue weighted by Gasteiger charge is 2.03. The zero-order chi connectivity index (χ0) is 12.4. The molecule has 2 N–H and O–H groups in total. The lowest BCUT2D eigenvalue weighted by Gasteiger charge is -2.03. The summed E-state index contributed by atoms with van der Waals surface area (Å²) in [6.45, 7) is 4.21. The number of hydrogen-bond acceptors (Lipinski definition) is 1. The predicted molar refractivity (Wildman–Crippen MR) is 77.8 cm³/mol. The summed E-state index contributed by atoms with van der Waals surface area (Å²) in [6, 6.07) is 15.1. The third-order valence-electron chi connectivity index (χ3n) is 3.33. The standard InChI is InChI=1S/C16H18N2/c1-2-9-17-11-12-7-8-16-14(10-12)13-5-3-4-6-15(13)18-16/h3-8,10,17-18H,2,9,11H2,1H3. The summed E-state index contributed by atoms with van der Waals surface area (Å²) in [5.74, 6) is 0. The highest BCUT2D eigenvalue weighted by atomic mass is 14.8. The van der Waals surface area contributed by atoms with Gasteiger partial charge in [-0.15, -0.1) is 0 Å². The van der Waals surface area contributed by atoms with E-state index in [9.17, 15) is 0 Å². The molecule has 0 saturated heterocycles. The van der Waals surface area contributed by atoms with E-state index in [1.165, 1.54) is 33.8 Å². The van der Waals surface area contributed by atoms with Gasteiger partial charge in [0.25, 0.3) is 0 Å². The average Bonchev–Trinajstić information content (AvgIpc) is 2.77. The van der Waals surface area contributed by atoms with E-state index in [0.29, 0.717) is 0 Å². The van der Waals surface area contributed by atoms with Gasteiger partial charge in [-0.2, -0.15) is 0 Å². The van der Waals surface area contributed by atoms with Crippen LogP contribution in [0.5, 0.6) is 0 Å². The second-order valence-electron chi connectivity index (χ2n) is 4.73. The van der Waals surface area contributed by atoms with Crippen molar-refractivity contribution < 1.29 is 0 Å². The lowest BCUT2D eigenvalue weighted by atomic mass is 10.1. The van der Waals surface area contributed by atoms with Gasteiger partial charge >= 0.3 is 0 Å². The molecule has 0 spiro atoms. The number of para-hydroxylation sites is 1. The first-order valence-corrected chi connectivity index (χ1v) is 6.58. The summed E-state index contributed by atoms with van der Waals surface area (Å²) in [5, 5.41) is 6.08. The molecule has 1 aromatic heterocycles. The maximum Gasteiger partial charge on any atom is 0.0465 e. The van der Waals surface area contributed by atoms with E-state index in [2.05, 4.69) is 59.7 Å². The largest absolute Gasteiger partial charge is 0.355 e. The number of aromatic amines is 1. The molecular formula is C16H18N2. The number of H-pyrrole nitrogens is 1. The number of fused-ring (bicyclic) bond motifs is 3. The fourth-order valence-corrected chi connectivity index (χ4v) is 2.41. The molecule has 0 unspecified atom stereocenters. The summed E-state index contributed by atoms with van der Waals surface area (Å²) in [4.78, 5) is 3.45. The summed E-state index contributed by atoms with van der Waals surface area (Å²) < 4.78 is 0. The number of rotatable bonds is 4. The Morgan fingerprint density at radius 2 is 1.83 bits per heavy atom. The topological polar surface area (TPSA) is 27.8 Å². The molecule has 92 valence electrons. The van der Waals surface area contributed by atoms with Crippen LogP contribution in [-0.4, -0.2) is 11.5 Å². The van der Waals surface area contributed by atoms with Gasteiger partial charge in [0, 0.05) is 28.4 Å². The Hall–Kier alpha value is -1.80. The Kier molecular flexibility index (Phi) is 3.03. The molecule has 0 amide bonds. The van der Waals surface area contributed by atoms with Gasteiger partial charge in [0.2, 0.25) is 0 Å². The summed E-state index contributed by atoms with van der Waals surface area (Å²) in [6.07, 6.45) is 1.18. The van der Waals surface area contributed by atoms with Crippen molar-refractivity contribution in [2.24, 2.45) is 0 Å². The van der Waals surface area contributed by atoms with Crippen molar-refractivity contribution in [1.82, 2.24) is 10.3 Å². The Morgan fingerprint density at radius 1 is 1.00 bits per heavy atom. The second-order valence-corrected chi connectivity index (χ2v) is 4.73. The van der Waals surface area contributed by atoms with Crippen LogP contribution < -0.4 is 5.32 Å². The molecule has 0 saturated carbocycles. The maximum absolute atomic E-state index is 3.45. The molecule has 0 atom stereocenters. The van der Waals surface area contributed by atoms with Gasteiger partial charge in [0.15, 0.2) is 0 Å². The van der Waals surface area contributed by atoms with Crippen LogP contribution in [-0.2, 0) is 6.54 Å². The molecule has 0 bridgehead atoms. The minimum Gasteiger partial charge on any atom is -0.355 e. The zero-order valence-corrected chi connectivity index (χ0v) is 10.7. The van der Waals surface area contributed by atoms with Gasteiger partial charge in [-0.1, -0.05) is 31.2 Å². The molecule has 0 aliphatic heterocycles. The molecule has 1 heterocycles. The van der Waals surface area contributed by atoms with Gasteiger partial charge in [-0.05, 0) is 36.7 Å². The molecule has 3 rings (SSSR count). The lowest BCUT2D eigenvalue weighted by Crippen LogP contribution is -2.13. The Bertz CT molecular complexity index is 667. The number of hydrogen-bond donors (Lipinski definition) is 2. The Morgan fingerprint density at radius 3 is 2.72 bits per heavy atom. The smallest absolute Gasteiger partial charge is 0.0465 e. The SMILES string of the molecule is CCCNCc1ccc2[nH]c3ccccc3c2c1. The number of nitrogens with one attached hydrogen (secondary N) is 2. The van der Waals surface area contributed by atoms with Crippen LogP contribution in [0.1, 0.15) is 18.9 Å². The van der Waals surface area contributed by atoms with Crippen molar-refractivity contribution in [1.29, 1.82) is 0 Å². The first kappa shape index (κ1) is 11.3. The van der Waals surface area contributed by atoms with E-state index >= 15 is 0 Å². The minimum absolute atomic E-state index is 0.948. The summed E-state index contributed by atoms with van der Waals surface area (Å²) >= 11 is 0. The van der Waals surface area contributed by atoms with Crippen LogP contribution in [0.2, 0.25) is 0 Å². The summed E-state index contributed by atoms with van der Waals surface area (Å²) in [5.41, 5.74) is 3.78. The van der Waals surface area contributed by atoms with Crippen molar-refractivity contribution in [3.8, 4) is 0 Å². The molecule has 0 fully saturated rings. The normalized spacial score (nSPS) is 11.4.